The average Bonchev–Trinajstić information content (AvgIpc) is 2.41. The molecule has 1 aliphatic rings. The predicted molar refractivity (Wildman–Crippen MR) is 88.4 cm³/mol. The van der Waals surface area contributed by atoms with Crippen molar-refractivity contribution in [1.29, 1.82) is 0 Å². The Hall–Kier alpha value is -1.58. The lowest BCUT2D eigenvalue weighted by Crippen LogP contribution is -2.72. The van der Waals surface area contributed by atoms with Crippen LogP contribution in [-0.4, -0.2) is 34.5 Å². The maximum atomic E-state index is 4.78. The molecule has 0 saturated carbocycles. The second kappa shape index (κ2) is 5.66. The Labute approximate surface area is 128 Å². The van der Waals surface area contributed by atoms with E-state index in [1.165, 1.54) is 0 Å². The Morgan fingerprint density at radius 3 is 2.57 bits per heavy atom. The van der Waals surface area contributed by atoms with Crippen LogP contribution in [0, 0.1) is 12.3 Å². The van der Waals surface area contributed by atoms with Gasteiger partial charge in [0, 0.05) is 29.7 Å². The molecule has 0 bridgehead atoms. The number of pyridine rings is 1. The molecule has 0 aliphatic carbocycles. The van der Waals surface area contributed by atoms with Crippen molar-refractivity contribution in [3.8, 4) is 0 Å². The molecule has 0 aromatic carbocycles. The molecule has 2 rings (SSSR count). The van der Waals surface area contributed by atoms with Gasteiger partial charge >= 0.3 is 0 Å². The van der Waals surface area contributed by atoms with E-state index in [1.54, 1.807) is 0 Å². The number of hydrogen-bond acceptors (Lipinski definition) is 2. The maximum Gasteiger partial charge on any atom is 0.194 e. The van der Waals surface area contributed by atoms with Gasteiger partial charge in [-0.15, -0.1) is 0 Å². The van der Waals surface area contributed by atoms with Crippen molar-refractivity contribution in [1.82, 2.24) is 15.2 Å². The summed E-state index contributed by atoms with van der Waals surface area (Å²) in [4.78, 5) is 11.7. The molecule has 1 saturated heterocycles. The second-order valence-corrected chi connectivity index (χ2v) is 6.97. The summed E-state index contributed by atoms with van der Waals surface area (Å²) < 4.78 is 0. The van der Waals surface area contributed by atoms with E-state index in [-0.39, 0.29) is 5.54 Å². The average molecular weight is 288 g/mol. The van der Waals surface area contributed by atoms with E-state index in [9.17, 15) is 0 Å². The zero-order valence-corrected chi connectivity index (χ0v) is 14.2. The van der Waals surface area contributed by atoms with Gasteiger partial charge in [-0.1, -0.05) is 19.9 Å². The van der Waals surface area contributed by atoms with Crippen molar-refractivity contribution in [3.63, 3.8) is 0 Å². The minimum absolute atomic E-state index is 0.119. The maximum absolute atomic E-state index is 4.78. The van der Waals surface area contributed by atoms with Gasteiger partial charge < -0.3 is 10.2 Å². The number of likely N-dealkylation sites (tertiary alicyclic amines) is 1. The predicted octanol–water partition coefficient (Wildman–Crippen LogP) is 2.98. The molecule has 21 heavy (non-hydrogen) atoms. The summed E-state index contributed by atoms with van der Waals surface area (Å²) in [6.45, 7) is 15.9. The number of rotatable bonds is 3. The number of aromatic nitrogens is 1. The number of guanidine groups is 1. The zero-order chi connectivity index (χ0) is 15.7. The summed E-state index contributed by atoms with van der Waals surface area (Å²) in [5, 5.41) is 3.41. The highest BCUT2D eigenvalue weighted by Gasteiger charge is 2.53. The van der Waals surface area contributed by atoms with Crippen LogP contribution in [0.1, 0.15) is 46.0 Å². The van der Waals surface area contributed by atoms with Gasteiger partial charge in [-0.2, -0.15) is 0 Å². The van der Waals surface area contributed by atoms with Crippen LogP contribution in [0.2, 0.25) is 0 Å². The van der Waals surface area contributed by atoms with E-state index in [4.69, 9.17) is 4.99 Å². The molecule has 0 atom stereocenters. The fraction of sp³-hybridized carbons (Fsp3) is 0.647. The molecule has 116 valence electrons. The Morgan fingerprint density at radius 2 is 2.05 bits per heavy atom. The first kappa shape index (κ1) is 15.8. The van der Waals surface area contributed by atoms with Crippen LogP contribution >= 0.6 is 0 Å². The molecule has 1 aliphatic heterocycles. The van der Waals surface area contributed by atoms with Crippen LogP contribution < -0.4 is 5.32 Å². The highest BCUT2D eigenvalue weighted by atomic mass is 15.4. The minimum atomic E-state index is 0.119. The molecule has 0 unspecified atom stereocenters. The van der Waals surface area contributed by atoms with Crippen molar-refractivity contribution in [2.24, 2.45) is 10.4 Å². The Balaban J connectivity index is 2.14. The van der Waals surface area contributed by atoms with E-state index in [0.29, 0.717) is 12.0 Å². The molecule has 0 amide bonds. The lowest BCUT2D eigenvalue weighted by atomic mass is 9.65. The van der Waals surface area contributed by atoms with Crippen LogP contribution in [0.25, 0.3) is 0 Å². The van der Waals surface area contributed by atoms with Crippen LogP contribution in [0.3, 0.4) is 0 Å². The third kappa shape index (κ3) is 3.04. The number of aliphatic imine (C=N–C) groups is 1. The third-order valence-corrected chi connectivity index (χ3v) is 4.81. The van der Waals surface area contributed by atoms with Crippen LogP contribution in [-0.2, 0) is 6.54 Å². The van der Waals surface area contributed by atoms with Crippen molar-refractivity contribution in [2.45, 2.75) is 53.6 Å². The van der Waals surface area contributed by atoms with Crippen molar-refractivity contribution in [3.05, 3.63) is 29.6 Å². The molecule has 2 heterocycles. The van der Waals surface area contributed by atoms with Crippen molar-refractivity contribution in [2.75, 3.05) is 13.1 Å². The standard InChI is InChI=1S/C17H28N4/c1-7-18-15(21-12-16(3,4)17(21,5)6)19-11-14-10-8-9-13(2)20-14/h8-10H,7,11-12H2,1-6H3,(H,18,19). The summed E-state index contributed by atoms with van der Waals surface area (Å²) in [6, 6.07) is 6.08. The Bertz CT molecular complexity index is 531. The summed E-state index contributed by atoms with van der Waals surface area (Å²) in [7, 11) is 0. The van der Waals surface area contributed by atoms with Crippen molar-refractivity contribution < 1.29 is 0 Å². The van der Waals surface area contributed by atoms with E-state index in [2.05, 4.69) is 49.8 Å². The quantitative estimate of drug-likeness (QED) is 0.686. The van der Waals surface area contributed by atoms with Gasteiger partial charge in [-0.3, -0.25) is 4.98 Å². The molecular weight excluding hydrogens is 260 g/mol. The van der Waals surface area contributed by atoms with E-state index >= 15 is 0 Å². The van der Waals surface area contributed by atoms with Gasteiger partial charge in [0.25, 0.3) is 0 Å². The molecular formula is C17H28N4. The van der Waals surface area contributed by atoms with E-state index in [1.807, 2.05) is 25.1 Å². The first-order valence-corrected chi connectivity index (χ1v) is 7.76. The van der Waals surface area contributed by atoms with Gasteiger partial charge in [0.15, 0.2) is 5.96 Å². The molecule has 4 heteroatoms. The minimum Gasteiger partial charge on any atom is -0.356 e. The lowest BCUT2D eigenvalue weighted by Gasteiger charge is -2.62. The first-order valence-electron chi connectivity index (χ1n) is 7.76. The van der Waals surface area contributed by atoms with Crippen molar-refractivity contribution >= 4 is 5.96 Å². The number of hydrogen-bond donors (Lipinski definition) is 1. The highest BCUT2D eigenvalue weighted by Crippen LogP contribution is 2.46. The SMILES string of the molecule is CCNC(=NCc1cccc(C)n1)N1CC(C)(C)C1(C)C. The van der Waals surface area contributed by atoms with Crippen LogP contribution in [0.5, 0.6) is 0 Å². The van der Waals surface area contributed by atoms with Gasteiger partial charge in [-0.05, 0) is 39.8 Å². The number of aryl methyl sites for hydroxylation is 1. The second-order valence-electron chi connectivity index (χ2n) is 6.97. The van der Waals surface area contributed by atoms with E-state index in [0.717, 1.165) is 30.4 Å². The smallest absolute Gasteiger partial charge is 0.194 e. The van der Waals surface area contributed by atoms with Gasteiger partial charge in [0.2, 0.25) is 0 Å². The number of nitrogens with zero attached hydrogens (tertiary/aromatic N) is 3. The number of nitrogens with one attached hydrogen (secondary N) is 1. The molecule has 0 spiro atoms. The molecule has 1 aromatic heterocycles. The van der Waals surface area contributed by atoms with Gasteiger partial charge in [-0.25, -0.2) is 4.99 Å². The van der Waals surface area contributed by atoms with Crippen LogP contribution in [0.15, 0.2) is 23.2 Å². The molecule has 1 aromatic rings. The topological polar surface area (TPSA) is 40.5 Å². The fourth-order valence-electron chi connectivity index (χ4n) is 2.64. The van der Waals surface area contributed by atoms with E-state index < -0.39 is 0 Å². The molecule has 4 nitrogen and oxygen atoms in total. The fourth-order valence-corrected chi connectivity index (χ4v) is 2.64. The summed E-state index contributed by atoms with van der Waals surface area (Å²) in [5.41, 5.74) is 2.49. The molecule has 1 fully saturated rings. The van der Waals surface area contributed by atoms with Crippen LogP contribution in [0.4, 0.5) is 0 Å². The molecule has 1 N–H and O–H groups in total. The Kier molecular flexibility index (Phi) is 4.26. The highest BCUT2D eigenvalue weighted by molar-refractivity contribution is 5.82. The Morgan fingerprint density at radius 1 is 1.33 bits per heavy atom. The van der Waals surface area contributed by atoms with Gasteiger partial charge in [0.1, 0.15) is 0 Å². The lowest BCUT2D eigenvalue weighted by molar-refractivity contribution is -0.0667. The monoisotopic (exact) mass is 288 g/mol. The van der Waals surface area contributed by atoms with Gasteiger partial charge in [0.05, 0.1) is 12.2 Å². The first-order chi connectivity index (χ1) is 9.78. The normalized spacial score (nSPS) is 20.1. The summed E-state index contributed by atoms with van der Waals surface area (Å²) >= 11 is 0. The summed E-state index contributed by atoms with van der Waals surface area (Å²) in [6.07, 6.45) is 0. The summed E-state index contributed by atoms with van der Waals surface area (Å²) in [5.74, 6) is 0.991. The molecule has 0 radical (unpaired) electrons. The largest absolute Gasteiger partial charge is 0.356 e. The zero-order valence-electron chi connectivity index (χ0n) is 14.2. The third-order valence-electron chi connectivity index (χ3n) is 4.81.